The van der Waals surface area contributed by atoms with E-state index in [1.54, 1.807) is 12.1 Å². The lowest BCUT2D eigenvalue weighted by Crippen LogP contribution is -2.39. The lowest BCUT2D eigenvalue weighted by Gasteiger charge is -2.23. The van der Waals surface area contributed by atoms with E-state index < -0.39 is 0 Å². The van der Waals surface area contributed by atoms with Crippen molar-refractivity contribution >= 4 is 16.8 Å². The van der Waals surface area contributed by atoms with Crippen LogP contribution in [0.5, 0.6) is 0 Å². The number of carbonyl (C=O) groups is 1. The molecule has 1 amide bonds. The van der Waals surface area contributed by atoms with Gasteiger partial charge < -0.3 is 19.3 Å². The fourth-order valence-electron chi connectivity index (χ4n) is 2.84. The van der Waals surface area contributed by atoms with Gasteiger partial charge >= 0.3 is 0 Å². The lowest BCUT2D eigenvalue weighted by molar-refractivity contribution is -0.0855. The Balaban J connectivity index is 1.54. The van der Waals surface area contributed by atoms with E-state index in [1.165, 1.54) is 0 Å². The van der Waals surface area contributed by atoms with Crippen LogP contribution < -0.4 is 5.32 Å². The molecule has 1 aromatic heterocycles. The number of ether oxygens (including phenoxy) is 2. The number of rotatable bonds is 4. The van der Waals surface area contributed by atoms with Gasteiger partial charge in [0.1, 0.15) is 5.52 Å². The molecule has 2 aromatic carbocycles. The van der Waals surface area contributed by atoms with E-state index in [2.05, 4.69) is 10.5 Å². The van der Waals surface area contributed by atoms with Gasteiger partial charge in [0, 0.05) is 17.7 Å². The van der Waals surface area contributed by atoms with Gasteiger partial charge in [0.2, 0.25) is 0 Å². The molecule has 1 fully saturated rings. The Morgan fingerprint density at radius 2 is 2.04 bits per heavy atom. The van der Waals surface area contributed by atoms with Crippen LogP contribution in [-0.2, 0) is 9.47 Å². The summed E-state index contributed by atoms with van der Waals surface area (Å²) in [5, 5.41) is 7.78. The second-order valence-corrected chi connectivity index (χ2v) is 5.89. The monoisotopic (exact) mass is 338 g/mol. The average molecular weight is 338 g/mol. The van der Waals surface area contributed by atoms with Crippen molar-refractivity contribution in [1.82, 2.24) is 10.5 Å². The number of hydrogen-bond donors (Lipinski definition) is 1. The summed E-state index contributed by atoms with van der Waals surface area (Å²) in [5.74, 6) is 0.505. The first-order valence-corrected chi connectivity index (χ1v) is 8.23. The van der Waals surface area contributed by atoms with Crippen LogP contribution in [0.25, 0.3) is 22.2 Å². The third-order valence-corrected chi connectivity index (χ3v) is 4.15. The minimum absolute atomic E-state index is 0.100. The van der Waals surface area contributed by atoms with Crippen molar-refractivity contribution in [2.75, 3.05) is 26.4 Å². The first kappa shape index (κ1) is 15.8. The number of hydrogen-bond acceptors (Lipinski definition) is 5. The minimum atomic E-state index is -0.156. The number of benzene rings is 2. The number of fused-ring (bicyclic) bond motifs is 1. The molecule has 25 heavy (non-hydrogen) atoms. The van der Waals surface area contributed by atoms with Crippen LogP contribution in [0.1, 0.15) is 10.4 Å². The van der Waals surface area contributed by atoms with Crippen LogP contribution in [0, 0.1) is 0 Å². The van der Waals surface area contributed by atoms with Crippen molar-refractivity contribution in [3.63, 3.8) is 0 Å². The molecule has 6 heteroatoms. The Bertz CT molecular complexity index is 870. The van der Waals surface area contributed by atoms with Gasteiger partial charge in [-0.05, 0) is 18.2 Å². The van der Waals surface area contributed by atoms with E-state index in [0.717, 1.165) is 16.5 Å². The second kappa shape index (κ2) is 7.04. The van der Waals surface area contributed by atoms with Crippen molar-refractivity contribution in [3.8, 4) is 11.3 Å². The van der Waals surface area contributed by atoms with Crippen LogP contribution in [0.2, 0.25) is 0 Å². The zero-order chi connectivity index (χ0) is 17.1. The summed E-state index contributed by atoms with van der Waals surface area (Å²) < 4.78 is 16.3. The molecule has 0 aliphatic carbocycles. The number of aromatic nitrogens is 1. The highest BCUT2D eigenvalue weighted by Crippen LogP contribution is 2.29. The topological polar surface area (TPSA) is 73.6 Å². The SMILES string of the molecule is O=C(NC[C@@H]1COCCO1)c1ccc2noc(-c3ccccc3)c2c1. The normalized spacial score (nSPS) is 17.5. The van der Waals surface area contributed by atoms with Crippen LogP contribution in [0.15, 0.2) is 53.1 Å². The fourth-order valence-corrected chi connectivity index (χ4v) is 2.84. The number of nitrogens with one attached hydrogen (secondary N) is 1. The van der Waals surface area contributed by atoms with E-state index in [4.69, 9.17) is 14.0 Å². The van der Waals surface area contributed by atoms with Crippen LogP contribution in [0.4, 0.5) is 0 Å². The Labute approximate surface area is 144 Å². The Morgan fingerprint density at radius 3 is 2.84 bits per heavy atom. The zero-order valence-corrected chi connectivity index (χ0v) is 13.6. The molecule has 0 unspecified atom stereocenters. The predicted molar refractivity (Wildman–Crippen MR) is 92.3 cm³/mol. The molecule has 1 saturated heterocycles. The van der Waals surface area contributed by atoms with Crippen molar-refractivity contribution in [2.24, 2.45) is 0 Å². The van der Waals surface area contributed by atoms with Gasteiger partial charge in [0.25, 0.3) is 5.91 Å². The molecule has 1 aliphatic rings. The summed E-state index contributed by atoms with van der Waals surface area (Å²) >= 11 is 0. The highest BCUT2D eigenvalue weighted by atomic mass is 16.6. The van der Waals surface area contributed by atoms with E-state index in [9.17, 15) is 4.79 Å². The molecule has 0 bridgehead atoms. The molecule has 6 nitrogen and oxygen atoms in total. The van der Waals surface area contributed by atoms with Gasteiger partial charge in [-0.1, -0.05) is 35.5 Å². The van der Waals surface area contributed by atoms with E-state index in [0.29, 0.717) is 37.7 Å². The first-order chi connectivity index (χ1) is 12.3. The van der Waals surface area contributed by atoms with Gasteiger partial charge in [-0.3, -0.25) is 4.79 Å². The summed E-state index contributed by atoms with van der Waals surface area (Å²) in [6.45, 7) is 2.10. The van der Waals surface area contributed by atoms with Gasteiger partial charge in [-0.15, -0.1) is 0 Å². The van der Waals surface area contributed by atoms with E-state index in [-0.39, 0.29) is 12.0 Å². The Kier molecular flexibility index (Phi) is 4.45. The van der Waals surface area contributed by atoms with Gasteiger partial charge in [0.05, 0.1) is 31.3 Å². The first-order valence-electron chi connectivity index (χ1n) is 8.23. The molecule has 1 aliphatic heterocycles. The summed E-state index contributed by atoms with van der Waals surface area (Å²) in [4.78, 5) is 12.4. The summed E-state index contributed by atoms with van der Waals surface area (Å²) in [6.07, 6.45) is -0.100. The van der Waals surface area contributed by atoms with Gasteiger partial charge in [0.15, 0.2) is 5.76 Å². The summed E-state index contributed by atoms with van der Waals surface area (Å²) in [7, 11) is 0. The van der Waals surface area contributed by atoms with Crippen molar-refractivity contribution < 1.29 is 18.8 Å². The van der Waals surface area contributed by atoms with Crippen LogP contribution >= 0.6 is 0 Å². The summed E-state index contributed by atoms with van der Waals surface area (Å²) in [6, 6.07) is 15.1. The standard InChI is InChI=1S/C19H18N2O4/c22-19(20-11-15-12-23-8-9-24-15)14-6-7-17-16(10-14)18(25-21-17)13-4-2-1-3-5-13/h1-7,10,15H,8-9,11-12H2,(H,20,22)/t15-/m1/s1. The molecular formula is C19H18N2O4. The smallest absolute Gasteiger partial charge is 0.251 e. The molecule has 1 N–H and O–H groups in total. The van der Waals surface area contributed by atoms with Crippen molar-refractivity contribution in [3.05, 3.63) is 54.1 Å². The van der Waals surface area contributed by atoms with E-state index in [1.807, 2.05) is 36.4 Å². The molecule has 0 saturated carbocycles. The molecule has 0 spiro atoms. The third-order valence-electron chi connectivity index (χ3n) is 4.15. The Hall–Kier alpha value is -2.70. The van der Waals surface area contributed by atoms with Gasteiger partial charge in [-0.25, -0.2) is 0 Å². The van der Waals surface area contributed by atoms with Gasteiger partial charge in [-0.2, -0.15) is 0 Å². The third kappa shape index (κ3) is 3.40. The number of carbonyl (C=O) groups excluding carboxylic acids is 1. The molecule has 128 valence electrons. The molecule has 4 rings (SSSR count). The van der Waals surface area contributed by atoms with Crippen molar-refractivity contribution in [1.29, 1.82) is 0 Å². The predicted octanol–water partition coefficient (Wildman–Crippen LogP) is 2.64. The lowest BCUT2D eigenvalue weighted by atomic mass is 10.1. The maximum absolute atomic E-state index is 12.4. The molecule has 0 radical (unpaired) electrons. The minimum Gasteiger partial charge on any atom is -0.376 e. The fraction of sp³-hybridized carbons (Fsp3) is 0.263. The largest absolute Gasteiger partial charge is 0.376 e. The van der Waals surface area contributed by atoms with Crippen LogP contribution in [0.3, 0.4) is 0 Å². The average Bonchev–Trinajstić information content (AvgIpc) is 3.11. The van der Waals surface area contributed by atoms with Crippen molar-refractivity contribution in [2.45, 2.75) is 6.10 Å². The highest BCUT2D eigenvalue weighted by Gasteiger charge is 2.17. The molecule has 2 heterocycles. The molecule has 3 aromatic rings. The quantitative estimate of drug-likeness (QED) is 0.792. The Morgan fingerprint density at radius 1 is 1.16 bits per heavy atom. The molecule has 1 atom stereocenters. The van der Waals surface area contributed by atoms with E-state index >= 15 is 0 Å². The van der Waals surface area contributed by atoms with Crippen LogP contribution in [-0.4, -0.2) is 43.5 Å². The zero-order valence-electron chi connectivity index (χ0n) is 13.6. The maximum atomic E-state index is 12.4. The number of nitrogens with zero attached hydrogens (tertiary/aromatic N) is 1. The number of amides is 1. The summed E-state index contributed by atoms with van der Waals surface area (Å²) in [5.41, 5.74) is 2.21. The highest BCUT2D eigenvalue weighted by molar-refractivity contribution is 6.00. The maximum Gasteiger partial charge on any atom is 0.251 e. The second-order valence-electron chi connectivity index (χ2n) is 5.89. The molecular weight excluding hydrogens is 320 g/mol.